The van der Waals surface area contributed by atoms with Crippen LogP contribution in [0.2, 0.25) is 5.02 Å². The molecule has 0 aromatic heterocycles. The summed E-state index contributed by atoms with van der Waals surface area (Å²) in [6.07, 6.45) is 4.21. The highest BCUT2D eigenvalue weighted by Crippen LogP contribution is 2.26. The van der Waals surface area contributed by atoms with Crippen molar-refractivity contribution < 1.29 is 9.00 Å². The summed E-state index contributed by atoms with van der Waals surface area (Å²) < 4.78 is 12.0. The topological polar surface area (TPSA) is 34.1 Å². The Morgan fingerprint density at radius 1 is 1.28 bits per heavy atom. The van der Waals surface area contributed by atoms with Crippen molar-refractivity contribution in [2.75, 3.05) is 5.75 Å². The van der Waals surface area contributed by atoms with Gasteiger partial charge in [0.1, 0.15) is 5.78 Å². The summed E-state index contributed by atoms with van der Waals surface area (Å²) in [4.78, 5) is 11.9. The number of hydrogen-bond donors (Lipinski definition) is 0. The van der Waals surface area contributed by atoms with Crippen molar-refractivity contribution in [3.8, 4) is 0 Å². The first kappa shape index (κ1) is 13.8. The van der Waals surface area contributed by atoms with Crippen LogP contribution >= 0.6 is 11.6 Å². The third-order valence-electron chi connectivity index (χ3n) is 3.39. The van der Waals surface area contributed by atoms with Crippen LogP contribution in [0, 0.1) is 5.92 Å². The molecule has 1 atom stereocenters. The highest BCUT2D eigenvalue weighted by atomic mass is 35.5. The number of benzene rings is 1. The van der Waals surface area contributed by atoms with Crippen LogP contribution in [0.4, 0.5) is 0 Å². The molecule has 18 heavy (non-hydrogen) atoms. The molecule has 2 rings (SSSR count). The Bertz CT molecular complexity index is 453. The second-order valence-corrected chi connectivity index (χ2v) is 6.63. The fourth-order valence-electron chi connectivity index (χ4n) is 2.36. The van der Waals surface area contributed by atoms with Crippen LogP contribution in [-0.4, -0.2) is 15.7 Å². The largest absolute Gasteiger partial charge is 0.298 e. The second-order valence-electron chi connectivity index (χ2n) is 4.77. The number of rotatable bonds is 5. The third kappa shape index (κ3) is 3.66. The Kier molecular flexibility index (Phi) is 4.95. The number of carbonyl (C=O) groups excluding carboxylic acids is 1. The highest BCUT2D eigenvalue weighted by Gasteiger charge is 2.23. The minimum Gasteiger partial charge on any atom is -0.298 e. The van der Waals surface area contributed by atoms with Gasteiger partial charge in [0.25, 0.3) is 0 Å². The Hall–Kier alpha value is -0.670. The van der Waals surface area contributed by atoms with E-state index in [1.54, 1.807) is 6.07 Å². The predicted molar refractivity (Wildman–Crippen MR) is 75.1 cm³/mol. The van der Waals surface area contributed by atoms with E-state index >= 15 is 0 Å². The van der Waals surface area contributed by atoms with Gasteiger partial charge in [0.05, 0.1) is 11.5 Å². The lowest BCUT2D eigenvalue weighted by Crippen LogP contribution is -2.19. The Labute approximate surface area is 115 Å². The van der Waals surface area contributed by atoms with Crippen molar-refractivity contribution in [1.82, 2.24) is 0 Å². The summed E-state index contributed by atoms with van der Waals surface area (Å²) in [5.41, 5.74) is 0.858. The maximum absolute atomic E-state index is 12.0. The van der Waals surface area contributed by atoms with E-state index in [2.05, 4.69) is 0 Å². The molecule has 0 aliphatic heterocycles. The zero-order valence-electron chi connectivity index (χ0n) is 10.2. The lowest BCUT2D eigenvalue weighted by molar-refractivity contribution is -0.120. The monoisotopic (exact) mass is 284 g/mol. The fraction of sp³-hybridized carbons (Fsp3) is 0.500. The molecule has 1 aliphatic carbocycles. The first-order chi connectivity index (χ1) is 8.66. The lowest BCUT2D eigenvalue weighted by atomic mass is 10.0. The van der Waals surface area contributed by atoms with Gasteiger partial charge in [-0.3, -0.25) is 9.00 Å². The van der Waals surface area contributed by atoms with Crippen LogP contribution in [0.15, 0.2) is 24.3 Å². The van der Waals surface area contributed by atoms with Gasteiger partial charge >= 0.3 is 0 Å². The van der Waals surface area contributed by atoms with E-state index in [-0.39, 0.29) is 17.5 Å². The number of carbonyl (C=O) groups is 1. The SMILES string of the molecule is O=C(CS(=O)Cc1ccccc1Cl)C1CCCC1. The molecular formula is C14H17ClO2S. The zero-order chi connectivity index (χ0) is 13.0. The molecule has 2 nitrogen and oxygen atoms in total. The van der Waals surface area contributed by atoms with Crippen LogP contribution in [0.25, 0.3) is 0 Å². The zero-order valence-corrected chi connectivity index (χ0v) is 11.8. The van der Waals surface area contributed by atoms with Gasteiger partial charge < -0.3 is 0 Å². The molecule has 0 heterocycles. The maximum atomic E-state index is 12.0. The molecule has 1 aliphatic rings. The van der Waals surface area contributed by atoms with Crippen molar-refractivity contribution >= 4 is 28.2 Å². The summed E-state index contributed by atoms with van der Waals surface area (Å²) in [6.45, 7) is 0. The summed E-state index contributed by atoms with van der Waals surface area (Å²) in [7, 11) is -1.14. The van der Waals surface area contributed by atoms with Gasteiger partial charge in [-0.05, 0) is 24.5 Å². The van der Waals surface area contributed by atoms with Crippen molar-refractivity contribution in [1.29, 1.82) is 0 Å². The first-order valence-electron chi connectivity index (χ1n) is 6.28. The van der Waals surface area contributed by atoms with Crippen molar-refractivity contribution in [3.63, 3.8) is 0 Å². The minimum absolute atomic E-state index is 0.153. The molecule has 0 N–H and O–H groups in total. The third-order valence-corrected chi connectivity index (χ3v) is 5.00. The Morgan fingerprint density at radius 3 is 2.61 bits per heavy atom. The van der Waals surface area contributed by atoms with Gasteiger partial charge in [-0.2, -0.15) is 0 Å². The molecule has 0 spiro atoms. The smallest absolute Gasteiger partial charge is 0.148 e. The van der Waals surface area contributed by atoms with E-state index in [0.29, 0.717) is 10.8 Å². The van der Waals surface area contributed by atoms with Crippen LogP contribution in [0.1, 0.15) is 31.2 Å². The molecule has 1 aromatic carbocycles. The Balaban J connectivity index is 1.89. The van der Waals surface area contributed by atoms with Crippen LogP contribution in [0.3, 0.4) is 0 Å². The molecule has 1 unspecified atom stereocenters. The van der Waals surface area contributed by atoms with Gasteiger partial charge in [0.15, 0.2) is 0 Å². The van der Waals surface area contributed by atoms with Gasteiger partial charge in [-0.15, -0.1) is 0 Å². The van der Waals surface area contributed by atoms with Gasteiger partial charge in [-0.1, -0.05) is 42.6 Å². The molecule has 0 radical (unpaired) electrons. The number of halogens is 1. The van der Waals surface area contributed by atoms with Crippen LogP contribution < -0.4 is 0 Å². The summed E-state index contributed by atoms with van der Waals surface area (Å²) in [5, 5.41) is 0.624. The lowest BCUT2D eigenvalue weighted by Gasteiger charge is -2.08. The van der Waals surface area contributed by atoms with Crippen molar-refractivity contribution in [3.05, 3.63) is 34.9 Å². The quantitative estimate of drug-likeness (QED) is 0.831. The number of ketones is 1. The standard InChI is InChI=1S/C14H17ClO2S/c15-13-8-4-3-7-12(13)9-18(17)10-14(16)11-5-1-2-6-11/h3-4,7-8,11H,1-2,5-6,9-10H2. The minimum atomic E-state index is -1.14. The van der Waals surface area contributed by atoms with E-state index in [1.807, 2.05) is 18.2 Å². The van der Waals surface area contributed by atoms with E-state index in [9.17, 15) is 9.00 Å². The molecule has 4 heteroatoms. The molecule has 1 fully saturated rings. The molecule has 0 amide bonds. The maximum Gasteiger partial charge on any atom is 0.148 e. The van der Waals surface area contributed by atoms with Crippen molar-refractivity contribution in [2.24, 2.45) is 5.92 Å². The second kappa shape index (κ2) is 6.48. The molecular weight excluding hydrogens is 268 g/mol. The van der Waals surface area contributed by atoms with E-state index in [0.717, 1.165) is 31.2 Å². The first-order valence-corrected chi connectivity index (χ1v) is 8.14. The normalized spacial score (nSPS) is 17.8. The van der Waals surface area contributed by atoms with Crippen LogP contribution in [0.5, 0.6) is 0 Å². The Morgan fingerprint density at radius 2 is 1.94 bits per heavy atom. The molecule has 1 aromatic rings. The predicted octanol–water partition coefficient (Wildman–Crippen LogP) is 3.35. The molecule has 98 valence electrons. The number of hydrogen-bond acceptors (Lipinski definition) is 2. The van der Waals surface area contributed by atoms with Crippen molar-refractivity contribution in [2.45, 2.75) is 31.4 Å². The molecule has 1 saturated carbocycles. The van der Waals surface area contributed by atoms with Gasteiger partial charge in [-0.25, -0.2) is 0 Å². The highest BCUT2D eigenvalue weighted by molar-refractivity contribution is 7.84. The molecule has 0 bridgehead atoms. The summed E-state index contributed by atoms with van der Waals surface area (Å²) >= 11 is 6.01. The average molecular weight is 285 g/mol. The van der Waals surface area contributed by atoms with Gasteiger partial charge in [0, 0.05) is 21.7 Å². The fourth-order valence-corrected chi connectivity index (χ4v) is 3.90. The van der Waals surface area contributed by atoms with E-state index in [1.165, 1.54) is 0 Å². The summed E-state index contributed by atoms with van der Waals surface area (Å²) in [5.74, 6) is 0.867. The van der Waals surface area contributed by atoms with E-state index < -0.39 is 10.8 Å². The summed E-state index contributed by atoms with van der Waals surface area (Å²) in [6, 6.07) is 7.36. The average Bonchev–Trinajstić information content (AvgIpc) is 2.85. The van der Waals surface area contributed by atoms with Crippen LogP contribution in [-0.2, 0) is 21.3 Å². The van der Waals surface area contributed by atoms with E-state index in [4.69, 9.17) is 11.6 Å². The molecule has 0 saturated heterocycles. The number of Topliss-reactive ketones (excluding diaryl/α,β-unsaturated/α-hetero) is 1. The van der Waals surface area contributed by atoms with Gasteiger partial charge in [0.2, 0.25) is 0 Å².